The van der Waals surface area contributed by atoms with Gasteiger partial charge >= 0.3 is 0 Å². The zero-order chi connectivity index (χ0) is 32.4. The molecule has 0 aromatic rings. The SMILES string of the molecule is CCCCCCCCCCCCCOCCOCCOCCOCCOCCOCCOCCOCCOCCOCCCC. The summed E-state index contributed by atoms with van der Waals surface area (Å²) in [5.41, 5.74) is 0. The predicted octanol–water partition coefficient (Wildman–Crippen LogP) is 6.26. The Balaban J connectivity index is 3.03. The first-order valence-electron chi connectivity index (χ1n) is 18.2. The van der Waals surface area contributed by atoms with Crippen molar-refractivity contribution in [2.75, 3.05) is 132 Å². The summed E-state index contributed by atoms with van der Waals surface area (Å²) in [6.45, 7) is 16.3. The molecular weight excluding hydrogens is 580 g/mol. The Morgan fingerprint density at radius 1 is 0.178 bits per heavy atom. The highest BCUT2D eigenvalue weighted by molar-refractivity contribution is 4.48. The highest BCUT2D eigenvalue weighted by Crippen LogP contribution is 2.11. The van der Waals surface area contributed by atoms with Crippen molar-refractivity contribution in [2.45, 2.75) is 97.3 Å². The monoisotopic (exact) mass is 653 g/mol. The summed E-state index contributed by atoms with van der Waals surface area (Å²) in [5, 5.41) is 0. The fourth-order valence-corrected chi connectivity index (χ4v) is 4.20. The average Bonchev–Trinajstić information content (AvgIpc) is 3.05. The molecule has 0 saturated carbocycles. The van der Waals surface area contributed by atoms with Gasteiger partial charge in [0.1, 0.15) is 0 Å². The van der Waals surface area contributed by atoms with Crippen LogP contribution in [-0.4, -0.2) is 132 Å². The van der Waals surface area contributed by atoms with Crippen molar-refractivity contribution in [3.05, 3.63) is 0 Å². The lowest BCUT2D eigenvalue weighted by atomic mass is 10.1. The molecule has 272 valence electrons. The van der Waals surface area contributed by atoms with Gasteiger partial charge in [0.2, 0.25) is 0 Å². The van der Waals surface area contributed by atoms with E-state index in [0.717, 1.165) is 32.5 Å². The van der Waals surface area contributed by atoms with Crippen molar-refractivity contribution in [2.24, 2.45) is 0 Å². The molecule has 0 N–H and O–H groups in total. The van der Waals surface area contributed by atoms with E-state index in [9.17, 15) is 0 Å². The Kier molecular flexibility index (Phi) is 43.2. The van der Waals surface area contributed by atoms with Crippen LogP contribution in [0.4, 0.5) is 0 Å². The van der Waals surface area contributed by atoms with E-state index in [2.05, 4.69) is 13.8 Å². The molecule has 0 rings (SSSR count). The number of hydrogen-bond donors (Lipinski definition) is 0. The van der Waals surface area contributed by atoms with Crippen LogP contribution in [0, 0.1) is 0 Å². The van der Waals surface area contributed by atoms with Crippen LogP contribution in [0.25, 0.3) is 0 Å². The van der Waals surface area contributed by atoms with Crippen molar-refractivity contribution >= 4 is 0 Å². The third-order valence-corrected chi connectivity index (χ3v) is 6.88. The van der Waals surface area contributed by atoms with Crippen molar-refractivity contribution in [1.82, 2.24) is 0 Å². The number of ether oxygens (including phenoxy) is 10. The molecule has 0 unspecified atom stereocenters. The lowest BCUT2D eigenvalue weighted by Gasteiger charge is -2.09. The van der Waals surface area contributed by atoms with E-state index in [1.54, 1.807) is 0 Å². The Morgan fingerprint density at radius 3 is 0.600 bits per heavy atom. The van der Waals surface area contributed by atoms with Crippen molar-refractivity contribution in [1.29, 1.82) is 0 Å². The van der Waals surface area contributed by atoms with Gasteiger partial charge in [-0.05, 0) is 12.8 Å². The van der Waals surface area contributed by atoms with Crippen LogP contribution in [0.5, 0.6) is 0 Å². The summed E-state index contributed by atoms with van der Waals surface area (Å²) >= 11 is 0. The Labute approximate surface area is 276 Å². The largest absolute Gasteiger partial charge is 0.379 e. The highest BCUT2D eigenvalue weighted by Gasteiger charge is 1.97. The molecule has 0 aliphatic rings. The molecule has 0 amide bonds. The number of hydrogen-bond acceptors (Lipinski definition) is 10. The number of rotatable bonds is 42. The Morgan fingerprint density at radius 2 is 0.356 bits per heavy atom. The van der Waals surface area contributed by atoms with Gasteiger partial charge in [0.25, 0.3) is 0 Å². The molecular formula is C35H72O10. The zero-order valence-corrected chi connectivity index (χ0v) is 29.4. The highest BCUT2D eigenvalue weighted by atomic mass is 16.6. The maximum absolute atomic E-state index is 5.66. The molecule has 0 saturated heterocycles. The number of unbranched alkanes of at least 4 members (excludes halogenated alkanes) is 11. The maximum Gasteiger partial charge on any atom is 0.0701 e. The van der Waals surface area contributed by atoms with Gasteiger partial charge in [-0.2, -0.15) is 0 Å². The molecule has 0 atom stereocenters. The van der Waals surface area contributed by atoms with Gasteiger partial charge in [0, 0.05) is 13.2 Å². The lowest BCUT2D eigenvalue weighted by molar-refractivity contribution is -0.0264. The van der Waals surface area contributed by atoms with E-state index in [1.165, 1.54) is 64.2 Å². The van der Waals surface area contributed by atoms with Crippen LogP contribution in [0.15, 0.2) is 0 Å². The maximum atomic E-state index is 5.66. The second-order valence-electron chi connectivity index (χ2n) is 11.0. The van der Waals surface area contributed by atoms with E-state index in [0.29, 0.717) is 119 Å². The van der Waals surface area contributed by atoms with Gasteiger partial charge in [0.15, 0.2) is 0 Å². The second kappa shape index (κ2) is 43.6. The van der Waals surface area contributed by atoms with Gasteiger partial charge in [0.05, 0.1) is 119 Å². The van der Waals surface area contributed by atoms with Gasteiger partial charge in [-0.1, -0.05) is 84.5 Å². The van der Waals surface area contributed by atoms with Gasteiger partial charge in [-0.15, -0.1) is 0 Å². The van der Waals surface area contributed by atoms with E-state index in [4.69, 9.17) is 47.4 Å². The Bertz CT molecular complexity index is 459. The van der Waals surface area contributed by atoms with Crippen LogP contribution in [-0.2, 0) is 47.4 Å². The molecule has 0 aliphatic carbocycles. The van der Waals surface area contributed by atoms with Crippen LogP contribution < -0.4 is 0 Å². The standard InChI is InChI=1S/C35H72O10/c1-3-5-7-8-9-10-11-12-13-14-15-17-37-19-21-39-23-25-41-27-29-43-31-33-45-35-34-44-32-30-42-28-26-40-24-22-38-20-18-36-16-6-4-2/h3-35H2,1-2H3. The Hall–Kier alpha value is -0.400. The normalized spacial score (nSPS) is 11.6. The first kappa shape index (κ1) is 44.6. The van der Waals surface area contributed by atoms with Crippen molar-refractivity contribution in [3.8, 4) is 0 Å². The van der Waals surface area contributed by atoms with E-state index < -0.39 is 0 Å². The fourth-order valence-electron chi connectivity index (χ4n) is 4.20. The molecule has 10 heteroatoms. The predicted molar refractivity (Wildman–Crippen MR) is 180 cm³/mol. The van der Waals surface area contributed by atoms with Crippen LogP contribution >= 0.6 is 0 Å². The minimum Gasteiger partial charge on any atom is -0.379 e. The third kappa shape index (κ3) is 43.6. The van der Waals surface area contributed by atoms with E-state index >= 15 is 0 Å². The van der Waals surface area contributed by atoms with Gasteiger partial charge in [-0.25, -0.2) is 0 Å². The second-order valence-corrected chi connectivity index (χ2v) is 11.0. The third-order valence-electron chi connectivity index (χ3n) is 6.88. The molecule has 0 bridgehead atoms. The van der Waals surface area contributed by atoms with Gasteiger partial charge < -0.3 is 47.4 Å². The first-order valence-corrected chi connectivity index (χ1v) is 18.2. The summed E-state index contributed by atoms with van der Waals surface area (Å²) < 4.78 is 55.1. The lowest BCUT2D eigenvalue weighted by Crippen LogP contribution is -2.15. The topological polar surface area (TPSA) is 92.3 Å². The zero-order valence-electron chi connectivity index (χ0n) is 29.4. The summed E-state index contributed by atoms with van der Waals surface area (Å²) in [7, 11) is 0. The fraction of sp³-hybridized carbons (Fsp3) is 1.00. The molecule has 0 aromatic heterocycles. The first-order chi connectivity index (χ1) is 22.4. The minimum atomic E-state index is 0.535. The molecule has 10 nitrogen and oxygen atoms in total. The quantitative estimate of drug-likeness (QED) is 0.0704. The minimum absolute atomic E-state index is 0.535. The van der Waals surface area contributed by atoms with Crippen LogP contribution in [0.1, 0.15) is 97.3 Å². The van der Waals surface area contributed by atoms with Gasteiger partial charge in [-0.3, -0.25) is 0 Å². The summed E-state index contributed by atoms with van der Waals surface area (Å²) in [6.07, 6.45) is 17.2. The molecule has 0 spiro atoms. The van der Waals surface area contributed by atoms with Crippen molar-refractivity contribution in [3.63, 3.8) is 0 Å². The van der Waals surface area contributed by atoms with E-state index in [1.807, 2.05) is 0 Å². The van der Waals surface area contributed by atoms with E-state index in [-0.39, 0.29) is 0 Å². The summed E-state index contributed by atoms with van der Waals surface area (Å²) in [4.78, 5) is 0. The molecule has 0 fully saturated rings. The van der Waals surface area contributed by atoms with Crippen LogP contribution in [0.2, 0.25) is 0 Å². The van der Waals surface area contributed by atoms with Crippen LogP contribution in [0.3, 0.4) is 0 Å². The molecule has 0 aliphatic heterocycles. The summed E-state index contributed by atoms with van der Waals surface area (Å²) in [5.74, 6) is 0. The molecule has 0 aromatic carbocycles. The smallest absolute Gasteiger partial charge is 0.0701 e. The molecule has 0 radical (unpaired) electrons. The molecule has 0 heterocycles. The van der Waals surface area contributed by atoms with Crippen molar-refractivity contribution < 1.29 is 47.4 Å². The molecule has 45 heavy (non-hydrogen) atoms. The average molecular weight is 653 g/mol. The summed E-state index contributed by atoms with van der Waals surface area (Å²) in [6, 6.07) is 0.